The van der Waals surface area contributed by atoms with E-state index in [1.165, 1.54) is 0 Å². The third-order valence-corrected chi connectivity index (χ3v) is 1.74. The maximum atomic E-state index is 11.4. The second-order valence-electron chi connectivity index (χ2n) is 3.93. The molecule has 4 heteroatoms. The summed E-state index contributed by atoms with van der Waals surface area (Å²) in [7, 11) is 0. The lowest BCUT2D eigenvalue weighted by Gasteiger charge is -2.20. The number of thiol groups is 1. The lowest BCUT2D eigenvalue weighted by Crippen LogP contribution is -2.35. The average molecular weight is 206 g/mol. The minimum Gasteiger partial charge on any atom is -0.383 e. The zero-order chi connectivity index (χ0) is 10.5. The predicted octanol–water partition coefficient (Wildman–Crippen LogP) is 0.909. The van der Waals surface area contributed by atoms with Gasteiger partial charge in [0.15, 0.2) is 5.78 Å². The van der Waals surface area contributed by atoms with Gasteiger partial charge in [0, 0.05) is 11.2 Å². The third-order valence-electron chi connectivity index (χ3n) is 1.55. The predicted molar refractivity (Wildman–Crippen MR) is 55.1 cm³/mol. The van der Waals surface area contributed by atoms with E-state index >= 15 is 0 Å². The van der Waals surface area contributed by atoms with Gasteiger partial charge in [0.05, 0.1) is 13.2 Å². The Labute approximate surface area is 84.9 Å². The highest BCUT2D eigenvalue weighted by Gasteiger charge is 2.27. The molecule has 0 rings (SSSR count). The molecular weight excluding hydrogens is 188 g/mol. The first-order valence-electron chi connectivity index (χ1n) is 4.30. The Balaban J connectivity index is 3.84. The normalized spacial score (nSPS) is 14.2. The van der Waals surface area contributed by atoms with Crippen LogP contribution in [-0.4, -0.2) is 36.0 Å². The van der Waals surface area contributed by atoms with E-state index < -0.39 is 11.5 Å². The zero-order valence-corrected chi connectivity index (χ0v) is 9.30. The van der Waals surface area contributed by atoms with Crippen molar-refractivity contribution in [3.63, 3.8) is 0 Å². The van der Waals surface area contributed by atoms with E-state index in [1.54, 1.807) is 20.8 Å². The number of hydrogen-bond donors (Lipinski definition) is 2. The van der Waals surface area contributed by atoms with Gasteiger partial charge in [-0.25, -0.2) is 0 Å². The number of carbonyl (C=O) groups excluding carboxylic acids is 1. The number of rotatable bonds is 5. The first-order chi connectivity index (χ1) is 5.89. The van der Waals surface area contributed by atoms with Crippen molar-refractivity contribution in [3.05, 3.63) is 0 Å². The summed E-state index contributed by atoms with van der Waals surface area (Å²) in [4.78, 5) is 11.4. The van der Waals surface area contributed by atoms with E-state index in [4.69, 9.17) is 4.74 Å². The Hall–Kier alpha value is -0.0600. The van der Waals surface area contributed by atoms with E-state index in [1.807, 2.05) is 0 Å². The molecule has 0 saturated carbocycles. The lowest BCUT2D eigenvalue weighted by atomic mass is 9.88. The van der Waals surface area contributed by atoms with Gasteiger partial charge in [0.2, 0.25) is 0 Å². The van der Waals surface area contributed by atoms with Crippen LogP contribution in [0.2, 0.25) is 0 Å². The number of ether oxygens (including phenoxy) is 1. The smallest absolute Gasteiger partial charge is 0.168 e. The molecule has 0 fully saturated rings. The molecule has 0 saturated heterocycles. The topological polar surface area (TPSA) is 46.5 Å². The molecule has 1 N–H and O–H groups in total. The number of hydrogen-bond acceptors (Lipinski definition) is 4. The highest BCUT2D eigenvalue weighted by atomic mass is 32.1. The van der Waals surface area contributed by atoms with Crippen LogP contribution in [-0.2, 0) is 9.53 Å². The van der Waals surface area contributed by atoms with Gasteiger partial charge in [-0.3, -0.25) is 4.79 Å². The molecule has 13 heavy (non-hydrogen) atoms. The van der Waals surface area contributed by atoms with Crippen molar-refractivity contribution in [3.8, 4) is 0 Å². The Morgan fingerprint density at radius 2 is 2.08 bits per heavy atom. The van der Waals surface area contributed by atoms with E-state index in [0.717, 1.165) is 0 Å². The Morgan fingerprint density at radius 1 is 1.54 bits per heavy atom. The average Bonchev–Trinajstić information content (AvgIpc) is 2.01. The Kier molecular flexibility index (Phi) is 5.60. The maximum absolute atomic E-state index is 11.4. The molecular formula is C9H18O3S. The summed E-state index contributed by atoms with van der Waals surface area (Å²) < 4.78 is 5.01. The van der Waals surface area contributed by atoms with Crippen molar-refractivity contribution in [2.24, 2.45) is 5.41 Å². The van der Waals surface area contributed by atoms with E-state index in [9.17, 15) is 9.90 Å². The van der Waals surface area contributed by atoms with Crippen molar-refractivity contribution in [2.45, 2.75) is 26.9 Å². The molecule has 1 atom stereocenters. The van der Waals surface area contributed by atoms with Crippen molar-refractivity contribution >= 4 is 18.4 Å². The van der Waals surface area contributed by atoms with Gasteiger partial charge >= 0.3 is 0 Å². The fraction of sp³-hybridized carbons (Fsp3) is 0.889. The molecule has 0 bridgehead atoms. The minimum absolute atomic E-state index is 0.0661. The summed E-state index contributed by atoms with van der Waals surface area (Å²) in [5.41, 5.74) is -0.510. The molecule has 0 aromatic carbocycles. The quantitative estimate of drug-likeness (QED) is 0.519. The number of aliphatic hydroxyl groups excluding tert-OH is 1. The summed E-state index contributed by atoms with van der Waals surface area (Å²) in [5.74, 6) is 0.405. The van der Waals surface area contributed by atoms with Crippen molar-refractivity contribution in [1.82, 2.24) is 0 Å². The molecule has 0 aliphatic heterocycles. The summed E-state index contributed by atoms with van der Waals surface area (Å²) >= 11 is 3.94. The number of Topliss-reactive ketones (excluding diaryl/α,β-unsaturated/α-hetero) is 1. The fourth-order valence-electron chi connectivity index (χ4n) is 0.835. The van der Waals surface area contributed by atoms with Crippen LogP contribution >= 0.6 is 12.6 Å². The van der Waals surface area contributed by atoms with Gasteiger partial charge < -0.3 is 9.84 Å². The van der Waals surface area contributed by atoms with Crippen LogP contribution in [0.25, 0.3) is 0 Å². The SMILES string of the molecule is CC(C)(C)C(=O)[C@@H](O)COCCS. The van der Waals surface area contributed by atoms with E-state index in [2.05, 4.69) is 12.6 Å². The summed E-state index contributed by atoms with van der Waals surface area (Å²) in [6.07, 6.45) is -1.01. The summed E-state index contributed by atoms with van der Waals surface area (Å²) in [6.45, 7) is 5.85. The molecule has 78 valence electrons. The molecule has 3 nitrogen and oxygen atoms in total. The number of ketones is 1. The molecule has 0 spiro atoms. The molecule has 0 aliphatic carbocycles. The van der Waals surface area contributed by atoms with E-state index in [0.29, 0.717) is 12.4 Å². The van der Waals surface area contributed by atoms with Crippen LogP contribution in [0.4, 0.5) is 0 Å². The van der Waals surface area contributed by atoms with Crippen LogP contribution in [0, 0.1) is 5.41 Å². The van der Waals surface area contributed by atoms with Gasteiger partial charge in [0.1, 0.15) is 6.10 Å². The van der Waals surface area contributed by atoms with Gasteiger partial charge in [-0.2, -0.15) is 12.6 Å². The lowest BCUT2D eigenvalue weighted by molar-refractivity contribution is -0.137. The molecule has 0 aromatic heterocycles. The maximum Gasteiger partial charge on any atom is 0.168 e. The number of carbonyl (C=O) groups is 1. The standard InChI is InChI=1S/C9H18O3S/c1-9(2,3)8(11)7(10)6-12-4-5-13/h7,10,13H,4-6H2,1-3H3/t7-/m0/s1. The van der Waals surface area contributed by atoms with Crippen LogP contribution < -0.4 is 0 Å². The highest BCUT2D eigenvalue weighted by molar-refractivity contribution is 7.80. The Morgan fingerprint density at radius 3 is 2.46 bits per heavy atom. The van der Waals surface area contributed by atoms with Crippen molar-refractivity contribution in [2.75, 3.05) is 19.0 Å². The first-order valence-corrected chi connectivity index (χ1v) is 4.94. The van der Waals surface area contributed by atoms with Gasteiger partial charge in [-0.1, -0.05) is 20.8 Å². The second-order valence-corrected chi connectivity index (χ2v) is 4.38. The summed E-state index contributed by atoms with van der Waals surface area (Å²) in [5, 5.41) is 9.38. The molecule has 0 aliphatic rings. The first kappa shape index (κ1) is 12.9. The van der Waals surface area contributed by atoms with Crippen LogP contribution in [0.5, 0.6) is 0 Å². The monoisotopic (exact) mass is 206 g/mol. The van der Waals surface area contributed by atoms with E-state index in [-0.39, 0.29) is 12.4 Å². The van der Waals surface area contributed by atoms with Crippen LogP contribution in [0.3, 0.4) is 0 Å². The van der Waals surface area contributed by atoms with Crippen LogP contribution in [0.15, 0.2) is 0 Å². The largest absolute Gasteiger partial charge is 0.383 e. The molecule has 0 radical (unpaired) electrons. The molecule has 0 aromatic rings. The molecule has 0 heterocycles. The molecule has 0 unspecified atom stereocenters. The molecule has 0 amide bonds. The van der Waals surface area contributed by atoms with Crippen LogP contribution in [0.1, 0.15) is 20.8 Å². The number of aliphatic hydroxyl groups is 1. The van der Waals surface area contributed by atoms with Gasteiger partial charge in [-0.15, -0.1) is 0 Å². The second kappa shape index (κ2) is 5.62. The van der Waals surface area contributed by atoms with Crippen molar-refractivity contribution < 1.29 is 14.6 Å². The van der Waals surface area contributed by atoms with Crippen molar-refractivity contribution in [1.29, 1.82) is 0 Å². The van der Waals surface area contributed by atoms with Gasteiger partial charge in [-0.05, 0) is 0 Å². The highest BCUT2D eigenvalue weighted by Crippen LogP contribution is 2.16. The Bertz CT molecular complexity index is 163. The van der Waals surface area contributed by atoms with Gasteiger partial charge in [0.25, 0.3) is 0 Å². The minimum atomic E-state index is -1.01. The summed E-state index contributed by atoms with van der Waals surface area (Å²) in [6, 6.07) is 0. The zero-order valence-electron chi connectivity index (χ0n) is 8.41. The third kappa shape index (κ3) is 5.29. The fourth-order valence-corrected chi connectivity index (χ4v) is 0.964.